The molecule has 0 bridgehead atoms. The molecule has 0 aliphatic heterocycles. The Bertz CT molecular complexity index is 104. The maximum absolute atomic E-state index is 10.4. The fourth-order valence-corrected chi connectivity index (χ4v) is 0.342. The fourth-order valence-electron chi connectivity index (χ4n) is 0.342. The van der Waals surface area contributed by atoms with Gasteiger partial charge in [-0.25, -0.2) is 0 Å². The first-order valence-corrected chi connectivity index (χ1v) is 2.47. The third-order valence-corrected chi connectivity index (χ3v) is 0.420. The van der Waals surface area contributed by atoms with E-state index >= 15 is 0 Å². The molecule has 0 heterocycles. The summed E-state index contributed by atoms with van der Waals surface area (Å²) in [5.41, 5.74) is -0.446. The van der Waals surface area contributed by atoms with Gasteiger partial charge in [-0.3, -0.25) is 4.79 Å². The zero-order valence-electron chi connectivity index (χ0n) is 6.52. The second-order valence-electron chi connectivity index (χ2n) is 2.59. The maximum atomic E-state index is 10.4. The highest BCUT2D eigenvalue weighted by Gasteiger charge is 2.11. The first kappa shape index (κ1) is 5.60. The van der Waals surface area contributed by atoms with Crippen LogP contribution in [0.3, 0.4) is 0 Å². The minimum absolute atomic E-state index is 0.294. The van der Waals surface area contributed by atoms with E-state index in [4.69, 9.17) is 6.11 Å². The highest BCUT2D eigenvalue weighted by molar-refractivity contribution is 5.66. The maximum Gasteiger partial charge on any atom is 0.303 e. The lowest BCUT2D eigenvalue weighted by atomic mass is 10.2. The molecule has 8 heavy (non-hydrogen) atoms. The minimum Gasteiger partial charge on any atom is -0.460 e. The number of hydrogen-bond acceptors (Lipinski definition) is 2. The van der Waals surface area contributed by atoms with Gasteiger partial charge in [0.1, 0.15) is 5.60 Å². The Morgan fingerprint density at radius 3 is 2.25 bits per heavy atom. The summed E-state index contributed by atoms with van der Waals surface area (Å²) >= 11 is 0. The van der Waals surface area contributed by atoms with E-state index < -0.39 is 11.6 Å². The molecule has 0 radical (unpaired) electrons. The summed E-state index contributed by atoms with van der Waals surface area (Å²) in [6.07, 6.45) is 0. The Labute approximate surface area is 51.2 Å². The van der Waals surface area contributed by atoms with E-state index in [0.717, 1.165) is 0 Å². The second kappa shape index (κ2) is 2.16. The van der Waals surface area contributed by atoms with Crippen LogP contribution in [0.15, 0.2) is 0 Å². The van der Waals surface area contributed by atoms with E-state index in [1.165, 1.54) is 0 Å². The van der Waals surface area contributed by atoms with Gasteiger partial charge in [0.05, 0.1) is 0 Å². The van der Waals surface area contributed by atoms with E-state index in [-0.39, 0.29) is 6.90 Å². The highest BCUT2D eigenvalue weighted by Crippen LogP contribution is 2.05. The SMILES string of the molecule is [3H]CC(=O)OC(C)(C)C. The molecule has 0 aliphatic rings. The molecule has 0 rings (SSSR count). The molecular formula is C6H12O2. The Hall–Kier alpha value is -0.530. The number of carbonyl (C=O) groups is 1. The molecule has 0 atom stereocenters. The molecule has 0 aliphatic carbocycles. The highest BCUT2D eigenvalue weighted by atomic mass is 16.6. The average molecular weight is 118 g/mol. The van der Waals surface area contributed by atoms with E-state index in [1.807, 2.05) is 0 Å². The third kappa shape index (κ3) is 5.47. The first-order valence-electron chi connectivity index (χ1n) is 3.17. The van der Waals surface area contributed by atoms with E-state index in [0.29, 0.717) is 0 Å². The molecule has 0 unspecified atom stereocenters. The summed E-state index contributed by atoms with van der Waals surface area (Å²) in [7, 11) is 0. The third-order valence-electron chi connectivity index (χ3n) is 0.420. The molecule has 0 aromatic rings. The van der Waals surface area contributed by atoms with Gasteiger partial charge in [-0.1, -0.05) is 0 Å². The molecular weight excluding hydrogens is 104 g/mol. The summed E-state index contributed by atoms with van der Waals surface area (Å²) in [5.74, 6) is -0.470. The van der Waals surface area contributed by atoms with Crippen molar-refractivity contribution in [3.63, 3.8) is 0 Å². The van der Waals surface area contributed by atoms with E-state index in [2.05, 4.69) is 0 Å². The van der Waals surface area contributed by atoms with Crippen molar-refractivity contribution in [1.29, 1.82) is 0 Å². The summed E-state index contributed by atoms with van der Waals surface area (Å²) in [6.45, 7) is 5.04. The molecule has 48 valence electrons. The molecule has 0 saturated carbocycles. The van der Waals surface area contributed by atoms with Crippen molar-refractivity contribution in [2.45, 2.75) is 33.3 Å². The number of rotatable bonds is 0. The van der Waals surface area contributed by atoms with Gasteiger partial charge in [-0.15, -0.1) is 0 Å². The van der Waals surface area contributed by atoms with Gasteiger partial charge in [-0.2, -0.15) is 0 Å². The van der Waals surface area contributed by atoms with Gasteiger partial charge in [-0.05, 0) is 20.8 Å². The molecule has 0 saturated heterocycles. The van der Waals surface area contributed by atoms with Gasteiger partial charge in [0.2, 0.25) is 0 Å². The Morgan fingerprint density at radius 2 is 2.12 bits per heavy atom. The zero-order valence-corrected chi connectivity index (χ0v) is 5.52. The van der Waals surface area contributed by atoms with E-state index in [9.17, 15) is 4.79 Å². The standard InChI is InChI=1S/C6H12O2/c1-5(7)8-6(2,3)4/h1-4H3/i1T. The van der Waals surface area contributed by atoms with Crippen molar-refractivity contribution in [2.75, 3.05) is 0 Å². The van der Waals surface area contributed by atoms with Crippen molar-refractivity contribution in [3.05, 3.63) is 0 Å². The molecule has 0 amide bonds. The van der Waals surface area contributed by atoms with Gasteiger partial charge < -0.3 is 4.74 Å². The van der Waals surface area contributed by atoms with Crippen molar-refractivity contribution < 1.29 is 10.9 Å². The summed E-state index contributed by atoms with van der Waals surface area (Å²) in [6, 6.07) is 0. The van der Waals surface area contributed by atoms with Crippen LogP contribution < -0.4 is 0 Å². The van der Waals surface area contributed by atoms with Crippen LogP contribution in [0.2, 0.25) is 0 Å². The molecule has 2 heteroatoms. The zero-order chi connectivity index (χ0) is 7.49. The predicted octanol–water partition coefficient (Wildman–Crippen LogP) is 1.35. The number of esters is 1. The molecule has 0 aromatic carbocycles. The Kier molecular flexibility index (Phi) is 1.51. The number of ether oxygens (including phenoxy) is 1. The van der Waals surface area contributed by atoms with Crippen LogP contribution in [-0.4, -0.2) is 11.6 Å². The van der Waals surface area contributed by atoms with Crippen molar-refractivity contribution in [2.24, 2.45) is 0 Å². The Morgan fingerprint density at radius 1 is 1.62 bits per heavy atom. The van der Waals surface area contributed by atoms with Crippen molar-refractivity contribution in [3.8, 4) is 0 Å². The quantitative estimate of drug-likeness (QED) is 0.449. The number of carbonyl (C=O) groups excluding carboxylic acids is 1. The summed E-state index contributed by atoms with van der Waals surface area (Å²) in [5, 5.41) is 0. The lowest BCUT2D eigenvalue weighted by molar-refractivity contribution is -0.151. The second-order valence-corrected chi connectivity index (χ2v) is 2.59. The topological polar surface area (TPSA) is 26.3 Å². The minimum atomic E-state index is -0.470. The first-order chi connectivity index (χ1) is 3.95. The molecule has 0 aromatic heterocycles. The smallest absolute Gasteiger partial charge is 0.303 e. The van der Waals surface area contributed by atoms with Crippen LogP contribution in [0, 0.1) is 0 Å². The van der Waals surface area contributed by atoms with Gasteiger partial charge in [0, 0.05) is 8.27 Å². The van der Waals surface area contributed by atoms with Gasteiger partial charge in [0.15, 0.2) is 0 Å². The van der Waals surface area contributed by atoms with E-state index in [1.54, 1.807) is 20.8 Å². The molecule has 0 N–H and O–H groups in total. The van der Waals surface area contributed by atoms with Crippen LogP contribution in [0.25, 0.3) is 0 Å². The average Bonchev–Trinajstić information content (AvgIpc) is 1.62. The predicted molar refractivity (Wildman–Crippen MR) is 31.5 cm³/mol. The summed E-state index contributed by atoms with van der Waals surface area (Å²) < 4.78 is 11.4. The molecule has 0 fully saturated rings. The molecule has 2 nitrogen and oxygen atoms in total. The van der Waals surface area contributed by atoms with Crippen LogP contribution in [-0.2, 0) is 9.53 Å². The van der Waals surface area contributed by atoms with Crippen LogP contribution in [0.1, 0.15) is 29.0 Å². The van der Waals surface area contributed by atoms with Gasteiger partial charge >= 0.3 is 5.97 Å². The number of hydrogen-bond donors (Lipinski definition) is 0. The normalized spacial score (nSPS) is 12.6. The summed E-state index contributed by atoms with van der Waals surface area (Å²) in [4.78, 5) is 10.4. The van der Waals surface area contributed by atoms with Crippen LogP contribution >= 0.6 is 0 Å². The largest absolute Gasteiger partial charge is 0.460 e. The van der Waals surface area contributed by atoms with Crippen LogP contribution in [0.4, 0.5) is 0 Å². The Balaban J connectivity index is 3.60. The lowest BCUT2D eigenvalue weighted by Crippen LogP contribution is -2.21. The molecule has 0 spiro atoms. The monoisotopic (exact) mass is 118 g/mol. The van der Waals surface area contributed by atoms with Crippen molar-refractivity contribution >= 4 is 5.97 Å². The van der Waals surface area contributed by atoms with Gasteiger partial charge in [0.25, 0.3) is 0 Å². The van der Waals surface area contributed by atoms with Crippen LogP contribution in [0.5, 0.6) is 0 Å². The lowest BCUT2D eigenvalue weighted by Gasteiger charge is -2.17. The van der Waals surface area contributed by atoms with Crippen molar-refractivity contribution in [1.82, 2.24) is 0 Å². The fraction of sp³-hybridized carbons (Fsp3) is 0.833.